The fourth-order valence-electron chi connectivity index (χ4n) is 5.40. The predicted molar refractivity (Wildman–Crippen MR) is 92.7 cm³/mol. The van der Waals surface area contributed by atoms with Gasteiger partial charge in [-0.1, -0.05) is 30.3 Å². The molecular formula is C20H25N3O. The van der Waals surface area contributed by atoms with Gasteiger partial charge >= 0.3 is 0 Å². The molecular weight excluding hydrogens is 298 g/mol. The number of nitrogens with zero attached hydrogens (tertiary/aromatic N) is 3. The predicted octanol–water partition coefficient (Wildman–Crippen LogP) is 3.05. The van der Waals surface area contributed by atoms with E-state index in [0.29, 0.717) is 18.0 Å². The van der Waals surface area contributed by atoms with E-state index in [2.05, 4.69) is 45.1 Å². The summed E-state index contributed by atoms with van der Waals surface area (Å²) in [5.41, 5.74) is 2.58. The van der Waals surface area contributed by atoms with Gasteiger partial charge in [0.05, 0.1) is 5.69 Å². The van der Waals surface area contributed by atoms with Crippen molar-refractivity contribution in [1.82, 2.24) is 14.8 Å². The Morgan fingerprint density at radius 1 is 1.12 bits per heavy atom. The summed E-state index contributed by atoms with van der Waals surface area (Å²) in [7, 11) is 0. The average molecular weight is 323 g/mol. The number of hydrogen-bond acceptors (Lipinski definition) is 4. The molecule has 6 rings (SSSR count). The Hall–Kier alpha value is -1.65. The van der Waals surface area contributed by atoms with E-state index >= 15 is 0 Å². The molecule has 0 unspecified atom stereocenters. The first-order valence-electron chi connectivity index (χ1n) is 9.23. The Labute approximate surface area is 143 Å². The van der Waals surface area contributed by atoms with Crippen LogP contribution in [0, 0.1) is 12.8 Å². The lowest BCUT2D eigenvalue weighted by Gasteiger charge is -2.51. The lowest BCUT2D eigenvalue weighted by atomic mass is 9.75. The largest absolute Gasteiger partial charge is 0.449 e. The monoisotopic (exact) mass is 323 g/mol. The highest BCUT2D eigenvalue weighted by Crippen LogP contribution is 2.46. The Bertz CT molecular complexity index is 705. The molecule has 0 amide bonds. The van der Waals surface area contributed by atoms with Crippen molar-refractivity contribution in [3.8, 4) is 0 Å². The van der Waals surface area contributed by atoms with Gasteiger partial charge < -0.3 is 4.42 Å². The molecule has 0 spiro atoms. The fourth-order valence-corrected chi connectivity index (χ4v) is 5.40. The molecule has 4 nitrogen and oxygen atoms in total. The molecule has 4 aliphatic rings. The van der Waals surface area contributed by atoms with Crippen molar-refractivity contribution in [3.05, 3.63) is 53.7 Å². The van der Waals surface area contributed by atoms with Gasteiger partial charge in [-0.3, -0.25) is 9.80 Å². The topological polar surface area (TPSA) is 32.5 Å². The quantitative estimate of drug-likeness (QED) is 0.869. The van der Waals surface area contributed by atoms with Crippen LogP contribution in [0.15, 0.2) is 41.0 Å². The van der Waals surface area contributed by atoms with Gasteiger partial charge in [0, 0.05) is 38.0 Å². The molecule has 2 bridgehead atoms. The van der Waals surface area contributed by atoms with Gasteiger partial charge in [0.1, 0.15) is 6.26 Å². The van der Waals surface area contributed by atoms with E-state index in [-0.39, 0.29) is 0 Å². The van der Waals surface area contributed by atoms with Gasteiger partial charge in [-0.05, 0) is 37.4 Å². The van der Waals surface area contributed by atoms with E-state index in [1.807, 2.05) is 13.2 Å². The Morgan fingerprint density at radius 2 is 1.92 bits per heavy atom. The molecule has 3 atom stereocenters. The van der Waals surface area contributed by atoms with Crippen LogP contribution in [0.1, 0.15) is 35.9 Å². The van der Waals surface area contributed by atoms with Gasteiger partial charge in [0.15, 0.2) is 5.89 Å². The van der Waals surface area contributed by atoms with Crippen LogP contribution in [0.2, 0.25) is 0 Å². The number of oxazole rings is 1. The molecule has 4 fully saturated rings. The molecule has 0 saturated carbocycles. The van der Waals surface area contributed by atoms with Gasteiger partial charge in [0.25, 0.3) is 0 Å². The van der Waals surface area contributed by atoms with Crippen LogP contribution in [0.3, 0.4) is 0 Å². The Morgan fingerprint density at radius 3 is 2.62 bits per heavy atom. The number of piperidine rings is 3. The third kappa shape index (κ3) is 2.32. The van der Waals surface area contributed by atoms with Crippen molar-refractivity contribution < 1.29 is 4.42 Å². The van der Waals surface area contributed by atoms with Crippen molar-refractivity contribution in [2.24, 2.45) is 5.92 Å². The van der Waals surface area contributed by atoms with E-state index in [0.717, 1.165) is 30.6 Å². The third-order valence-corrected chi connectivity index (χ3v) is 6.35. The van der Waals surface area contributed by atoms with Crippen molar-refractivity contribution >= 4 is 0 Å². The number of rotatable bonds is 3. The van der Waals surface area contributed by atoms with Gasteiger partial charge in [-0.15, -0.1) is 0 Å². The van der Waals surface area contributed by atoms with E-state index in [1.54, 1.807) is 0 Å². The second kappa shape index (κ2) is 5.71. The highest BCUT2D eigenvalue weighted by molar-refractivity contribution is 5.27. The van der Waals surface area contributed by atoms with Gasteiger partial charge in [-0.2, -0.15) is 0 Å². The molecule has 0 radical (unpaired) electrons. The molecule has 24 heavy (non-hydrogen) atoms. The van der Waals surface area contributed by atoms with E-state index in [9.17, 15) is 0 Å². The fraction of sp³-hybridized carbons (Fsp3) is 0.550. The lowest BCUT2D eigenvalue weighted by Crippen LogP contribution is -2.59. The van der Waals surface area contributed by atoms with Gasteiger partial charge in [0.2, 0.25) is 0 Å². The second-order valence-corrected chi connectivity index (χ2v) is 7.66. The molecule has 4 saturated heterocycles. The third-order valence-electron chi connectivity index (χ3n) is 6.35. The number of fused-ring (bicyclic) bond motifs is 2. The number of hydrogen-bond donors (Lipinski definition) is 0. The zero-order valence-electron chi connectivity index (χ0n) is 14.3. The molecule has 1 aromatic carbocycles. The summed E-state index contributed by atoms with van der Waals surface area (Å²) in [6.07, 6.45) is 4.55. The zero-order chi connectivity index (χ0) is 16.1. The average Bonchev–Trinajstić information content (AvgIpc) is 3.22. The molecule has 0 aliphatic carbocycles. The van der Waals surface area contributed by atoms with Crippen molar-refractivity contribution in [2.45, 2.75) is 44.3 Å². The highest BCUT2D eigenvalue weighted by atomic mass is 16.3. The van der Waals surface area contributed by atoms with Crippen LogP contribution in [0.4, 0.5) is 0 Å². The summed E-state index contributed by atoms with van der Waals surface area (Å²) in [6.45, 7) is 6.56. The minimum atomic E-state index is 0.618. The standard InChI is InChI=1S/C20H25N3O/c1-14-21-17(13-24-14)11-23-12-18(15-5-3-2-4-6-15)20-19(23)16-7-9-22(20)10-8-16/h2-6,13,16,18-20H,7-12H2,1H3/t18-,19-,20-/m1/s1. The highest BCUT2D eigenvalue weighted by Gasteiger charge is 2.53. The van der Waals surface area contributed by atoms with E-state index in [1.165, 1.54) is 31.5 Å². The van der Waals surface area contributed by atoms with Crippen molar-refractivity contribution in [3.63, 3.8) is 0 Å². The van der Waals surface area contributed by atoms with E-state index in [4.69, 9.17) is 4.42 Å². The summed E-state index contributed by atoms with van der Waals surface area (Å²) in [6, 6.07) is 12.5. The Balaban J connectivity index is 1.47. The molecule has 4 aliphatic heterocycles. The summed E-state index contributed by atoms with van der Waals surface area (Å²) in [4.78, 5) is 10.0. The van der Waals surface area contributed by atoms with Crippen LogP contribution in [0.5, 0.6) is 0 Å². The van der Waals surface area contributed by atoms with Crippen molar-refractivity contribution in [2.75, 3.05) is 19.6 Å². The maximum Gasteiger partial charge on any atom is 0.191 e. The second-order valence-electron chi connectivity index (χ2n) is 7.66. The SMILES string of the molecule is Cc1nc(CN2C[C@H](c3ccccc3)[C@@H]3[C@H]2C2CCN3CC2)co1. The Kier molecular flexibility index (Phi) is 3.49. The molecule has 5 heterocycles. The maximum absolute atomic E-state index is 5.44. The summed E-state index contributed by atoms with van der Waals surface area (Å²) < 4.78 is 5.44. The first kappa shape index (κ1) is 14.7. The first-order valence-corrected chi connectivity index (χ1v) is 9.23. The molecule has 1 aromatic heterocycles. The number of benzene rings is 1. The molecule has 2 aromatic rings. The molecule has 0 N–H and O–H groups in total. The first-order chi connectivity index (χ1) is 11.8. The minimum absolute atomic E-state index is 0.618. The van der Waals surface area contributed by atoms with E-state index < -0.39 is 0 Å². The van der Waals surface area contributed by atoms with Crippen LogP contribution in [0.25, 0.3) is 0 Å². The normalized spacial score (nSPS) is 35.3. The number of aromatic nitrogens is 1. The number of likely N-dealkylation sites (tertiary alicyclic amines) is 1. The summed E-state index contributed by atoms with van der Waals surface area (Å²) in [5, 5.41) is 0. The van der Waals surface area contributed by atoms with Crippen LogP contribution >= 0.6 is 0 Å². The zero-order valence-corrected chi connectivity index (χ0v) is 14.3. The van der Waals surface area contributed by atoms with Crippen molar-refractivity contribution in [1.29, 1.82) is 0 Å². The smallest absolute Gasteiger partial charge is 0.191 e. The van der Waals surface area contributed by atoms with Crippen LogP contribution in [-0.2, 0) is 6.54 Å². The van der Waals surface area contributed by atoms with Crippen LogP contribution in [-0.4, -0.2) is 46.5 Å². The maximum atomic E-state index is 5.44. The minimum Gasteiger partial charge on any atom is -0.449 e. The lowest BCUT2D eigenvalue weighted by molar-refractivity contribution is -0.00898. The van der Waals surface area contributed by atoms with Crippen LogP contribution < -0.4 is 0 Å². The molecule has 4 heteroatoms. The summed E-state index contributed by atoms with van der Waals surface area (Å²) >= 11 is 0. The summed E-state index contributed by atoms with van der Waals surface area (Å²) in [5.74, 6) is 2.24. The van der Waals surface area contributed by atoms with Gasteiger partial charge in [-0.25, -0.2) is 4.98 Å². The molecule has 126 valence electrons. The number of aryl methyl sites for hydroxylation is 1.